The number of ether oxygens (including phenoxy) is 1. The summed E-state index contributed by atoms with van der Waals surface area (Å²) < 4.78 is 5.19. The first-order valence-corrected chi connectivity index (χ1v) is 6.95. The van der Waals surface area contributed by atoms with E-state index in [9.17, 15) is 9.90 Å². The molecule has 1 amide bonds. The van der Waals surface area contributed by atoms with Gasteiger partial charge in [-0.05, 0) is 11.1 Å². The van der Waals surface area contributed by atoms with Crippen LogP contribution < -0.4 is 0 Å². The van der Waals surface area contributed by atoms with Gasteiger partial charge >= 0.3 is 0 Å². The minimum absolute atomic E-state index is 0.178. The van der Waals surface area contributed by atoms with E-state index in [2.05, 4.69) is 0 Å². The van der Waals surface area contributed by atoms with Gasteiger partial charge in [0.1, 0.15) is 0 Å². The van der Waals surface area contributed by atoms with Crippen molar-refractivity contribution in [2.45, 2.75) is 18.9 Å². The fraction of sp³-hybridized carbons (Fsp3) is 0.235. The van der Waals surface area contributed by atoms with E-state index in [1.807, 2.05) is 60.7 Å². The van der Waals surface area contributed by atoms with E-state index >= 15 is 0 Å². The van der Waals surface area contributed by atoms with Gasteiger partial charge in [0.15, 0.2) is 0 Å². The van der Waals surface area contributed by atoms with Gasteiger partial charge in [0.25, 0.3) is 5.91 Å². The van der Waals surface area contributed by atoms with Crippen LogP contribution in [0.25, 0.3) is 0 Å². The van der Waals surface area contributed by atoms with Gasteiger partial charge in [-0.25, -0.2) is 0 Å². The predicted molar refractivity (Wildman–Crippen MR) is 78.1 cm³/mol. The summed E-state index contributed by atoms with van der Waals surface area (Å²) in [6.07, 6.45) is -1.37. The molecule has 1 aliphatic heterocycles. The molecule has 1 aliphatic rings. The largest absolute Gasteiger partial charge is 0.361 e. The molecule has 4 nitrogen and oxygen atoms in total. The van der Waals surface area contributed by atoms with Gasteiger partial charge in [-0.15, -0.1) is 0 Å². The van der Waals surface area contributed by atoms with Gasteiger partial charge in [-0.3, -0.25) is 4.79 Å². The van der Waals surface area contributed by atoms with Crippen molar-refractivity contribution in [3.63, 3.8) is 0 Å². The maximum absolute atomic E-state index is 12.3. The van der Waals surface area contributed by atoms with Crippen molar-refractivity contribution in [1.82, 2.24) is 4.90 Å². The number of carbonyl (C=O) groups is 1. The highest BCUT2D eigenvalue weighted by atomic mass is 16.6. The monoisotopic (exact) mass is 283 g/mol. The normalized spacial score (nSPS) is 22.3. The molecular weight excluding hydrogens is 266 g/mol. The molecule has 0 spiro atoms. The fourth-order valence-corrected chi connectivity index (χ4v) is 2.56. The highest BCUT2D eigenvalue weighted by Crippen LogP contribution is 2.28. The van der Waals surface area contributed by atoms with E-state index < -0.39 is 6.29 Å². The lowest BCUT2D eigenvalue weighted by atomic mass is 10.0. The molecule has 2 atom stereocenters. The Balaban J connectivity index is 1.89. The molecule has 2 aromatic carbocycles. The maximum Gasteiger partial charge on any atom is 0.280 e. The summed E-state index contributed by atoms with van der Waals surface area (Å²) in [7, 11) is 0. The van der Waals surface area contributed by atoms with Crippen LogP contribution in [0.5, 0.6) is 0 Å². The van der Waals surface area contributed by atoms with E-state index in [0.29, 0.717) is 13.2 Å². The van der Waals surface area contributed by atoms with Gasteiger partial charge in [0.2, 0.25) is 6.29 Å². The van der Waals surface area contributed by atoms with Crippen LogP contribution in [0.1, 0.15) is 17.2 Å². The van der Waals surface area contributed by atoms with Gasteiger partial charge in [0, 0.05) is 6.54 Å². The lowest BCUT2D eigenvalue weighted by molar-refractivity contribution is -0.193. The van der Waals surface area contributed by atoms with Gasteiger partial charge in [-0.1, -0.05) is 60.7 Å². The standard InChI is InChI=1S/C17H17NO3/c19-16-17(20)21-12-15(14-9-5-2-6-10-14)18(16)11-13-7-3-1-4-8-13/h1-10,15,17,20H,11-12H2/t15-,17?/m1/s1. The molecule has 21 heavy (non-hydrogen) atoms. The molecule has 0 aliphatic carbocycles. The Labute approximate surface area is 123 Å². The van der Waals surface area contributed by atoms with Crippen molar-refractivity contribution in [3.8, 4) is 0 Å². The van der Waals surface area contributed by atoms with Gasteiger partial charge in [0.05, 0.1) is 12.6 Å². The van der Waals surface area contributed by atoms with Crippen molar-refractivity contribution < 1.29 is 14.6 Å². The zero-order valence-corrected chi connectivity index (χ0v) is 11.6. The van der Waals surface area contributed by atoms with Crippen LogP contribution in [-0.4, -0.2) is 28.8 Å². The molecule has 108 valence electrons. The van der Waals surface area contributed by atoms with Crippen molar-refractivity contribution in [2.24, 2.45) is 0 Å². The summed E-state index contributed by atoms with van der Waals surface area (Å²) in [5.41, 5.74) is 2.04. The highest BCUT2D eigenvalue weighted by Gasteiger charge is 2.35. The first-order chi connectivity index (χ1) is 10.3. The minimum atomic E-state index is -1.37. The molecule has 0 aromatic heterocycles. The van der Waals surface area contributed by atoms with Gasteiger partial charge < -0.3 is 14.7 Å². The van der Waals surface area contributed by atoms with Crippen LogP contribution in [0.3, 0.4) is 0 Å². The van der Waals surface area contributed by atoms with E-state index in [1.165, 1.54) is 0 Å². The highest BCUT2D eigenvalue weighted by molar-refractivity contribution is 5.80. The number of carbonyl (C=O) groups excluding carboxylic acids is 1. The SMILES string of the molecule is O=C1C(O)OC[C@H](c2ccccc2)N1Cc1ccccc1. The zero-order chi connectivity index (χ0) is 14.7. The third-order valence-corrected chi connectivity index (χ3v) is 3.66. The zero-order valence-electron chi connectivity index (χ0n) is 11.6. The number of morpholine rings is 1. The van der Waals surface area contributed by atoms with Crippen molar-refractivity contribution in [1.29, 1.82) is 0 Å². The molecular formula is C17H17NO3. The van der Waals surface area contributed by atoms with Crippen LogP contribution in [0.15, 0.2) is 60.7 Å². The summed E-state index contributed by atoms with van der Waals surface area (Å²) in [6.45, 7) is 0.753. The van der Waals surface area contributed by atoms with Gasteiger partial charge in [-0.2, -0.15) is 0 Å². The molecule has 0 bridgehead atoms. The quantitative estimate of drug-likeness (QED) is 0.938. The molecule has 2 aromatic rings. The second-order valence-corrected chi connectivity index (χ2v) is 5.06. The molecule has 3 rings (SSSR count). The summed E-state index contributed by atoms with van der Waals surface area (Å²) in [5.74, 6) is -0.390. The van der Waals surface area contributed by atoms with E-state index in [-0.39, 0.29) is 11.9 Å². The van der Waals surface area contributed by atoms with Crippen LogP contribution in [0.4, 0.5) is 0 Å². The second-order valence-electron chi connectivity index (χ2n) is 5.06. The third kappa shape index (κ3) is 2.96. The lowest BCUT2D eigenvalue weighted by Gasteiger charge is -2.37. The number of hydrogen-bond donors (Lipinski definition) is 1. The smallest absolute Gasteiger partial charge is 0.280 e. The number of benzene rings is 2. The Bertz CT molecular complexity index is 600. The first kappa shape index (κ1) is 13.8. The maximum atomic E-state index is 12.3. The molecule has 0 saturated carbocycles. The number of aliphatic hydroxyl groups is 1. The lowest BCUT2D eigenvalue weighted by Crippen LogP contribution is -2.49. The molecule has 1 N–H and O–H groups in total. The summed E-state index contributed by atoms with van der Waals surface area (Å²) in [5, 5.41) is 9.68. The third-order valence-electron chi connectivity index (χ3n) is 3.66. The number of hydrogen-bond acceptors (Lipinski definition) is 3. The average molecular weight is 283 g/mol. The summed E-state index contributed by atoms with van der Waals surface area (Å²) in [6, 6.07) is 19.3. The Morgan fingerprint density at radius 1 is 1.05 bits per heavy atom. The van der Waals surface area contributed by atoms with E-state index in [4.69, 9.17) is 4.74 Å². The number of amides is 1. The van der Waals surface area contributed by atoms with Crippen LogP contribution in [0.2, 0.25) is 0 Å². The summed E-state index contributed by atoms with van der Waals surface area (Å²) >= 11 is 0. The Hall–Kier alpha value is -2.17. The molecule has 1 unspecified atom stereocenters. The molecule has 1 saturated heterocycles. The Morgan fingerprint density at radius 2 is 1.67 bits per heavy atom. The Kier molecular flexibility index (Phi) is 3.99. The van der Waals surface area contributed by atoms with Crippen molar-refractivity contribution in [3.05, 3.63) is 71.8 Å². The van der Waals surface area contributed by atoms with Crippen LogP contribution in [0, 0.1) is 0 Å². The number of rotatable bonds is 3. The predicted octanol–water partition coefficient (Wildman–Crippen LogP) is 2.11. The second kappa shape index (κ2) is 6.08. The van der Waals surface area contributed by atoms with Crippen molar-refractivity contribution >= 4 is 5.91 Å². The average Bonchev–Trinajstić information content (AvgIpc) is 2.54. The van der Waals surface area contributed by atoms with Crippen LogP contribution >= 0.6 is 0 Å². The molecule has 0 radical (unpaired) electrons. The topological polar surface area (TPSA) is 49.8 Å². The fourth-order valence-electron chi connectivity index (χ4n) is 2.56. The minimum Gasteiger partial charge on any atom is -0.361 e. The molecule has 1 heterocycles. The first-order valence-electron chi connectivity index (χ1n) is 6.95. The van der Waals surface area contributed by atoms with E-state index in [1.54, 1.807) is 4.90 Å². The summed E-state index contributed by atoms with van der Waals surface area (Å²) in [4.78, 5) is 13.9. The molecule has 1 fully saturated rings. The molecule has 4 heteroatoms. The number of aliphatic hydroxyl groups excluding tert-OH is 1. The van der Waals surface area contributed by atoms with Crippen LogP contribution in [-0.2, 0) is 16.1 Å². The number of nitrogens with zero attached hydrogens (tertiary/aromatic N) is 1. The van der Waals surface area contributed by atoms with Crippen molar-refractivity contribution in [2.75, 3.05) is 6.61 Å². The van der Waals surface area contributed by atoms with E-state index in [0.717, 1.165) is 11.1 Å². The Morgan fingerprint density at radius 3 is 2.33 bits per heavy atom.